The first-order valence-electron chi connectivity index (χ1n) is 9.81. The van der Waals surface area contributed by atoms with Crippen molar-refractivity contribution in [3.63, 3.8) is 0 Å². The molecule has 3 aliphatic rings. The van der Waals surface area contributed by atoms with Gasteiger partial charge in [0.1, 0.15) is 0 Å². The third-order valence-corrected chi connectivity index (χ3v) is 6.68. The van der Waals surface area contributed by atoms with Crippen molar-refractivity contribution in [2.75, 3.05) is 13.1 Å². The molecular formula is C19H36N2O. The van der Waals surface area contributed by atoms with Crippen LogP contribution in [0.15, 0.2) is 0 Å². The fourth-order valence-corrected chi connectivity index (χ4v) is 4.80. The van der Waals surface area contributed by atoms with Gasteiger partial charge in [0.05, 0.1) is 6.10 Å². The van der Waals surface area contributed by atoms with Crippen LogP contribution in [0.1, 0.15) is 71.6 Å². The van der Waals surface area contributed by atoms with Crippen molar-refractivity contribution < 1.29 is 5.11 Å². The Labute approximate surface area is 136 Å². The van der Waals surface area contributed by atoms with Crippen molar-refractivity contribution in [2.24, 2.45) is 11.8 Å². The number of likely N-dealkylation sites (tertiary alicyclic amines) is 1. The van der Waals surface area contributed by atoms with Crippen molar-refractivity contribution in [3.8, 4) is 0 Å². The summed E-state index contributed by atoms with van der Waals surface area (Å²) in [6.45, 7) is 6.70. The number of piperidine rings is 1. The zero-order valence-corrected chi connectivity index (χ0v) is 14.6. The highest BCUT2D eigenvalue weighted by Crippen LogP contribution is 2.34. The molecule has 3 rings (SSSR count). The number of hydrogen-bond donors (Lipinski definition) is 2. The van der Waals surface area contributed by atoms with E-state index in [2.05, 4.69) is 17.1 Å². The van der Waals surface area contributed by atoms with Crippen LogP contribution in [0.3, 0.4) is 0 Å². The number of rotatable bonds is 5. The van der Waals surface area contributed by atoms with E-state index in [4.69, 9.17) is 0 Å². The zero-order valence-electron chi connectivity index (χ0n) is 14.6. The highest BCUT2D eigenvalue weighted by Gasteiger charge is 2.36. The monoisotopic (exact) mass is 308 g/mol. The molecule has 0 amide bonds. The molecule has 128 valence electrons. The predicted molar refractivity (Wildman–Crippen MR) is 92.0 cm³/mol. The van der Waals surface area contributed by atoms with E-state index in [1.807, 2.05) is 6.92 Å². The van der Waals surface area contributed by atoms with Crippen molar-refractivity contribution in [2.45, 2.75) is 95.9 Å². The Morgan fingerprint density at radius 1 is 0.864 bits per heavy atom. The normalized spacial score (nSPS) is 35.0. The molecule has 22 heavy (non-hydrogen) atoms. The fraction of sp³-hybridized carbons (Fsp3) is 1.00. The molecule has 3 fully saturated rings. The lowest BCUT2D eigenvalue weighted by molar-refractivity contribution is 0.00599. The van der Waals surface area contributed by atoms with E-state index in [1.54, 1.807) is 0 Å². The number of aliphatic hydroxyl groups excluding tert-OH is 1. The summed E-state index contributed by atoms with van der Waals surface area (Å²) in [6.07, 6.45) is 12.2. The second-order valence-electron chi connectivity index (χ2n) is 8.32. The van der Waals surface area contributed by atoms with E-state index in [9.17, 15) is 5.11 Å². The van der Waals surface area contributed by atoms with E-state index in [1.165, 1.54) is 57.9 Å². The molecule has 3 heteroatoms. The Hall–Kier alpha value is -0.120. The largest absolute Gasteiger partial charge is 0.393 e. The number of nitrogens with zero attached hydrogens (tertiary/aromatic N) is 1. The summed E-state index contributed by atoms with van der Waals surface area (Å²) in [6, 6.07) is 2.01. The van der Waals surface area contributed by atoms with Gasteiger partial charge < -0.3 is 10.4 Å². The minimum absolute atomic E-state index is 0.174. The highest BCUT2D eigenvalue weighted by molar-refractivity contribution is 4.92. The van der Waals surface area contributed by atoms with E-state index in [0.717, 1.165) is 24.9 Å². The Morgan fingerprint density at radius 2 is 1.59 bits per heavy atom. The molecule has 2 saturated carbocycles. The molecular weight excluding hydrogens is 272 g/mol. The SMILES string of the molecule is CC(O)C1CC(NC2CCCCC2)CN(C(C)C2CCC2)C1. The van der Waals surface area contributed by atoms with Gasteiger partial charge in [0.25, 0.3) is 0 Å². The van der Waals surface area contributed by atoms with E-state index in [-0.39, 0.29) is 6.10 Å². The van der Waals surface area contributed by atoms with Gasteiger partial charge in [0, 0.05) is 31.2 Å². The van der Waals surface area contributed by atoms with Crippen LogP contribution in [-0.2, 0) is 0 Å². The van der Waals surface area contributed by atoms with Gasteiger partial charge in [0.15, 0.2) is 0 Å². The van der Waals surface area contributed by atoms with Crippen LogP contribution >= 0.6 is 0 Å². The minimum Gasteiger partial charge on any atom is -0.393 e. The molecule has 0 aromatic heterocycles. The van der Waals surface area contributed by atoms with Gasteiger partial charge >= 0.3 is 0 Å². The average Bonchev–Trinajstić information content (AvgIpc) is 2.46. The maximum Gasteiger partial charge on any atom is 0.0553 e. The Bertz CT molecular complexity index is 336. The third-order valence-electron chi connectivity index (χ3n) is 6.68. The first-order valence-corrected chi connectivity index (χ1v) is 9.81. The molecule has 3 nitrogen and oxygen atoms in total. The Morgan fingerprint density at radius 3 is 2.18 bits per heavy atom. The average molecular weight is 309 g/mol. The van der Waals surface area contributed by atoms with E-state index < -0.39 is 0 Å². The van der Waals surface area contributed by atoms with Crippen molar-refractivity contribution >= 4 is 0 Å². The molecule has 1 heterocycles. The van der Waals surface area contributed by atoms with Gasteiger partial charge in [-0.05, 0) is 57.8 Å². The van der Waals surface area contributed by atoms with Gasteiger partial charge in [-0.3, -0.25) is 4.90 Å². The molecule has 2 aliphatic carbocycles. The second-order valence-corrected chi connectivity index (χ2v) is 8.32. The van der Waals surface area contributed by atoms with Crippen molar-refractivity contribution in [1.82, 2.24) is 10.2 Å². The van der Waals surface area contributed by atoms with Crippen LogP contribution in [0.4, 0.5) is 0 Å². The maximum absolute atomic E-state index is 10.2. The lowest BCUT2D eigenvalue weighted by Gasteiger charge is -2.47. The quantitative estimate of drug-likeness (QED) is 0.819. The van der Waals surface area contributed by atoms with Gasteiger partial charge in [-0.2, -0.15) is 0 Å². The summed E-state index contributed by atoms with van der Waals surface area (Å²) < 4.78 is 0. The van der Waals surface area contributed by atoms with Gasteiger partial charge in [-0.1, -0.05) is 25.7 Å². The summed E-state index contributed by atoms with van der Waals surface area (Å²) in [7, 11) is 0. The second kappa shape index (κ2) is 7.63. The molecule has 4 unspecified atom stereocenters. The summed E-state index contributed by atoms with van der Waals surface area (Å²) >= 11 is 0. The number of nitrogens with one attached hydrogen (secondary N) is 1. The predicted octanol–water partition coefficient (Wildman–Crippen LogP) is 3.17. The zero-order chi connectivity index (χ0) is 15.5. The van der Waals surface area contributed by atoms with Crippen LogP contribution in [0.25, 0.3) is 0 Å². The van der Waals surface area contributed by atoms with E-state index in [0.29, 0.717) is 18.0 Å². The van der Waals surface area contributed by atoms with Crippen LogP contribution in [0, 0.1) is 11.8 Å². The number of aliphatic hydroxyl groups is 1. The standard InChI is InChI=1S/C19H36N2O/c1-14(16-7-6-8-16)21-12-17(15(2)22)11-19(13-21)20-18-9-4-3-5-10-18/h14-20,22H,3-13H2,1-2H3. The summed E-state index contributed by atoms with van der Waals surface area (Å²) in [5.74, 6) is 1.35. The summed E-state index contributed by atoms with van der Waals surface area (Å²) in [5, 5.41) is 14.1. The van der Waals surface area contributed by atoms with Crippen LogP contribution in [0.5, 0.6) is 0 Å². The minimum atomic E-state index is -0.174. The fourth-order valence-electron chi connectivity index (χ4n) is 4.80. The number of hydrogen-bond acceptors (Lipinski definition) is 3. The first-order chi connectivity index (χ1) is 10.6. The Kier molecular flexibility index (Phi) is 5.80. The molecule has 2 N–H and O–H groups in total. The third kappa shape index (κ3) is 4.04. The molecule has 0 spiro atoms. The van der Waals surface area contributed by atoms with E-state index >= 15 is 0 Å². The molecule has 1 aliphatic heterocycles. The molecule has 1 saturated heterocycles. The molecule has 0 radical (unpaired) electrons. The summed E-state index contributed by atoms with van der Waals surface area (Å²) in [4.78, 5) is 2.69. The molecule has 0 bridgehead atoms. The van der Waals surface area contributed by atoms with Crippen LogP contribution < -0.4 is 5.32 Å². The molecule has 0 aromatic rings. The van der Waals surface area contributed by atoms with Gasteiger partial charge in [-0.15, -0.1) is 0 Å². The lowest BCUT2D eigenvalue weighted by Crippen LogP contribution is -2.57. The van der Waals surface area contributed by atoms with Crippen molar-refractivity contribution in [1.29, 1.82) is 0 Å². The topological polar surface area (TPSA) is 35.5 Å². The van der Waals surface area contributed by atoms with Crippen LogP contribution in [0.2, 0.25) is 0 Å². The van der Waals surface area contributed by atoms with Crippen molar-refractivity contribution in [3.05, 3.63) is 0 Å². The lowest BCUT2D eigenvalue weighted by atomic mass is 9.78. The molecule has 4 atom stereocenters. The van der Waals surface area contributed by atoms with Gasteiger partial charge in [-0.25, -0.2) is 0 Å². The first kappa shape index (κ1) is 16.7. The maximum atomic E-state index is 10.2. The van der Waals surface area contributed by atoms with Gasteiger partial charge in [0.2, 0.25) is 0 Å². The Balaban J connectivity index is 1.58. The molecule has 0 aromatic carbocycles. The summed E-state index contributed by atoms with van der Waals surface area (Å²) in [5.41, 5.74) is 0. The van der Waals surface area contributed by atoms with Crippen LogP contribution in [-0.4, -0.2) is 47.3 Å². The smallest absolute Gasteiger partial charge is 0.0553 e. The highest BCUT2D eigenvalue weighted by atomic mass is 16.3.